The molecule has 2 fully saturated rings. The van der Waals surface area contributed by atoms with E-state index in [4.69, 9.17) is 16.3 Å². The van der Waals surface area contributed by atoms with E-state index < -0.39 is 0 Å². The molecule has 0 aliphatic carbocycles. The van der Waals surface area contributed by atoms with Crippen LogP contribution in [0.15, 0.2) is 12.1 Å². The van der Waals surface area contributed by atoms with Crippen LogP contribution in [0.5, 0.6) is 0 Å². The van der Waals surface area contributed by atoms with Gasteiger partial charge in [-0.2, -0.15) is 5.10 Å². The number of hydrogen-bond acceptors (Lipinski definition) is 4. The van der Waals surface area contributed by atoms with Gasteiger partial charge in [0.15, 0.2) is 5.15 Å². The third-order valence-corrected chi connectivity index (χ3v) is 3.94. The second-order valence-electron chi connectivity index (χ2n) is 4.78. The first-order chi connectivity index (χ1) is 8.28. The number of fused-ring (bicyclic) bond motifs is 1. The SMILES string of the molecule is Clc1ccc(COC23CCCN2CCC3)nn1. The van der Waals surface area contributed by atoms with Crippen molar-refractivity contribution in [2.24, 2.45) is 0 Å². The molecule has 1 aromatic rings. The Balaban J connectivity index is 1.65. The fourth-order valence-corrected chi connectivity index (χ4v) is 3.02. The fraction of sp³-hybridized carbons (Fsp3) is 0.667. The highest BCUT2D eigenvalue weighted by Crippen LogP contribution is 2.40. The molecule has 0 amide bonds. The first-order valence-electron chi connectivity index (χ1n) is 6.16. The number of ether oxygens (including phenoxy) is 1. The Morgan fingerprint density at radius 1 is 1.24 bits per heavy atom. The quantitative estimate of drug-likeness (QED) is 0.828. The average Bonchev–Trinajstić information content (AvgIpc) is 2.87. The minimum absolute atomic E-state index is 0.0126. The van der Waals surface area contributed by atoms with Gasteiger partial charge in [0.05, 0.1) is 12.3 Å². The second kappa shape index (κ2) is 4.52. The zero-order chi connectivity index (χ0) is 11.7. The molecule has 0 aromatic carbocycles. The zero-order valence-corrected chi connectivity index (χ0v) is 10.5. The van der Waals surface area contributed by atoms with Gasteiger partial charge >= 0.3 is 0 Å². The first-order valence-corrected chi connectivity index (χ1v) is 6.53. The molecule has 0 N–H and O–H groups in total. The van der Waals surface area contributed by atoms with E-state index in [9.17, 15) is 0 Å². The highest BCUT2D eigenvalue weighted by molar-refractivity contribution is 6.29. The van der Waals surface area contributed by atoms with E-state index in [2.05, 4.69) is 15.1 Å². The molecule has 0 unspecified atom stereocenters. The van der Waals surface area contributed by atoms with Gasteiger partial charge in [-0.3, -0.25) is 4.90 Å². The standard InChI is InChI=1S/C12H16ClN3O/c13-11-4-3-10(14-15-11)9-17-12-5-1-7-16(12)8-2-6-12/h3-4H,1-2,5-9H2. The summed E-state index contributed by atoms with van der Waals surface area (Å²) in [5, 5.41) is 8.28. The predicted molar refractivity (Wildman–Crippen MR) is 64.6 cm³/mol. The topological polar surface area (TPSA) is 38.2 Å². The summed E-state index contributed by atoms with van der Waals surface area (Å²) in [5.74, 6) is 0. The smallest absolute Gasteiger partial charge is 0.151 e. The van der Waals surface area contributed by atoms with Gasteiger partial charge in [-0.25, -0.2) is 0 Å². The van der Waals surface area contributed by atoms with Gasteiger partial charge in [-0.1, -0.05) is 11.6 Å². The van der Waals surface area contributed by atoms with Crippen molar-refractivity contribution in [3.63, 3.8) is 0 Å². The van der Waals surface area contributed by atoms with Gasteiger partial charge in [-0.05, 0) is 37.8 Å². The van der Waals surface area contributed by atoms with Crippen LogP contribution in [0.25, 0.3) is 0 Å². The molecule has 0 saturated carbocycles. The van der Waals surface area contributed by atoms with Crippen molar-refractivity contribution in [3.05, 3.63) is 23.0 Å². The van der Waals surface area contributed by atoms with Crippen molar-refractivity contribution in [2.45, 2.75) is 38.0 Å². The number of rotatable bonds is 3. The van der Waals surface area contributed by atoms with Crippen molar-refractivity contribution in [2.75, 3.05) is 13.1 Å². The van der Waals surface area contributed by atoms with Crippen LogP contribution in [0.3, 0.4) is 0 Å². The van der Waals surface area contributed by atoms with Gasteiger partial charge in [-0.15, -0.1) is 5.10 Å². The van der Waals surface area contributed by atoms with Crippen LogP contribution in [-0.4, -0.2) is 33.9 Å². The molecule has 3 rings (SSSR count). The summed E-state index contributed by atoms with van der Waals surface area (Å²) in [7, 11) is 0. The van der Waals surface area contributed by atoms with Gasteiger partial charge in [0.2, 0.25) is 0 Å². The minimum Gasteiger partial charge on any atom is -0.354 e. The lowest BCUT2D eigenvalue weighted by Gasteiger charge is -2.31. The molecule has 0 bridgehead atoms. The molecule has 92 valence electrons. The summed E-state index contributed by atoms with van der Waals surface area (Å²) in [5.41, 5.74) is 0.837. The Kier molecular flexibility index (Phi) is 3.03. The average molecular weight is 254 g/mol. The molecule has 4 nitrogen and oxygen atoms in total. The summed E-state index contributed by atoms with van der Waals surface area (Å²) in [6.45, 7) is 2.87. The first kappa shape index (κ1) is 11.4. The number of halogens is 1. The molecule has 2 saturated heterocycles. The van der Waals surface area contributed by atoms with E-state index in [1.807, 2.05) is 6.07 Å². The lowest BCUT2D eigenvalue weighted by Crippen LogP contribution is -2.40. The van der Waals surface area contributed by atoms with E-state index in [1.165, 1.54) is 25.9 Å². The Morgan fingerprint density at radius 2 is 2.00 bits per heavy atom. The van der Waals surface area contributed by atoms with E-state index in [-0.39, 0.29) is 5.72 Å². The van der Waals surface area contributed by atoms with Crippen LogP contribution in [0.1, 0.15) is 31.4 Å². The van der Waals surface area contributed by atoms with Crippen LogP contribution in [0.4, 0.5) is 0 Å². The molecule has 17 heavy (non-hydrogen) atoms. The molecule has 1 aromatic heterocycles. The monoisotopic (exact) mass is 253 g/mol. The Bertz CT molecular complexity index is 385. The minimum atomic E-state index is -0.0126. The van der Waals surface area contributed by atoms with Crippen molar-refractivity contribution >= 4 is 11.6 Å². The Morgan fingerprint density at radius 3 is 2.65 bits per heavy atom. The molecule has 5 heteroatoms. The van der Waals surface area contributed by atoms with Crippen molar-refractivity contribution < 1.29 is 4.74 Å². The summed E-state index contributed by atoms with van der Waals surface area (Å²) in [6.07, 6.45) is 4.78. The number of hydrogen-bond donors (Lipinski definition) is 0. The van der Waals surface area contributed by atoms with Crippen molar-refractivity contribution in [1.29, 1.82) is 0 Å². The van der Waals surface area contributed by atoms with E-state index in [1.54, 1.807) is 6.07 Å². The maximum Gasteiger partial charge on any atom is 0.151 e. The van der Waals surface area contributed by atoms with E-state index >= 15 is 0 Å². The zero-order valence-electron chi connectivity index (χ0n) is 9.73. The summed E-state index contributed by atoms with van der Waals surface area (Å²) < 4.78 is 6.12. The van der Waals surface area contributed by atoms with E-state index in [0.29, 0.717) is 11.8 Å². The molecule has 3 heterocycles. The maximum absolute atomic E-state index is 6.12. The van der Waals surface area contributed by atoms with E-state index in [0.717, 1.165) is 18.5 Å². The fourth-order valence-electron chi connectivity index (χ4n) is 2.92. The Hall–Kier alpha value is -0.710. The van der Waals surface area contributed by atoms with Crippen LogP contribution < -0.4 is 0 Å². The lowest BCUT2D eigenvalue weighted by molar-refractivity contribution is -0.124. The van der Waals surface area contributed by atoms with Crippen LogP contribution in [0.2, 0.25) is 5.15 Å². The van der Waals surface area contributed by atoms with Crippen molar-refractivity contribution in [3.8, 4) is 0 Å². The normalized spacial score (nSPS) is 22.9. The molecule has 2 aliphatic heterocycles. The number of aromatic nitrogens is 2. The van der Waals surface area contributed by atoms with Crippen LogP contribution >= 0.6 is 11.6 Å². The third kappa shape index (κ3) is 2.17. The molecular formula is C12H16ClN3O. The predicted octanol–water partition coefficient (Wildman–Crippen LogP) is 2.23. The van der Waals surface area contributed by atoms with Gasteiger partial charge in [0.1, 0.15) is 5.72 Å². The van der Waals surface area contributed by atoms with Crippen molar-refractivity contribution in [1.82, 2.24) is 15.1 Å². The maximum atomic E-state index is 6.12. The molecular weight excluding hydrogens is 238 g/mol. The van der Waals surface area contributed by atoms with Crippen LogP contribution in [0, 0.1) is 0 Å². The Labute approximate surface area is 106 Å². The molecule has 2 aliphatic rings. The third-order valence-electron chi connectivity index (χ3n) is 3.74. The lowest BCUT2D eigenvalue weighted by atomic mass is 10.1. The highest BCUT2D eigenvalue weighted by atomic mass is 35.5. The molecule has 0 spiro atoms. The summed E-state index contributed by atoms with van der Waals surface area (Å²) >= 11 is 5.70. The van der Waals surface area contributed by atoms with Crippen LogP contribution in [-0.2, 0) is 11.3 Å². The number of nitrogens with zero attached hydrogens (tertiary/aromatic N) is 3. The van der Waals surface area contributed by atoms with Gasteiger partial charge < -0.3 is 4.74 Å². The largest absolute Gasteiger partial charge is 0.354 e. The molecule has 0 atom stereocenters. The second-order valence-corrected chi connectivity index (χ2v) is 5.16. The highest BCUT2D eigenvalue weighted by Gasteiger charge is 2.45. The summed E-state index contributed by atoms with van der Waals surface area (Å²) in [4.78, 5) is 2.47. The summed E-state index contributed by atoms with van der Waals surface area (Å²) in [6, 6.07) is 3.63. The van der Waals surface area contributed by atoms with Gasteiger partial charge in [0, 0.05) is 13.1 Å². The van der Waals surface area contributed by atoms with Gasteiger partial charge in [0.25, 0.3) is 0 Å². The molecule has 0 radical (unpaired) electrons.